The van der Waals surface area contributed by atoms with E-state index in [-0.39, 0.29) is 35.2 Å². The van der Waals surface area contributed by atoms with Gasteiger partial charge in [-0.25, -0.2) is 4.52 Å². The minimum absolute atomic E-state index is 0.0241. The average Bonchev–Trinajstić information content (AvgIpc) is 2.97. The third-order valence-electron chi connectivity index (χ3n) is 4.79. The van der Waals surface area contributed by atoms with Gasteiger partial charge in [0.1, 0.15) is 11.3 Å². The summed E-state index contributed by atoms with van der Waals surface area (Å²) in [4.78, 5) is 13.2. The lowest BCUT2D eigenvalue weighted by atomic mass is 10.0. The molecular formula is C20H22F3N3O2. The van der Waals surface area contributed by atoms with E-state index in [4.69, 9.17) is 4.74 Å². The standard InChI is InChI=1S/C20H22F3N3O2/c1-6-25-18(14-8-7-13(28-5)10-16(14)20(21,22)23)24-26-12(4)9-15(11(2)3)17(26)19(25)27/h7-11H,6H2,1-5H3. The van der Waals surface area contributed by atoms with Crippen molar-refractivity contribution in [2.45, 2.75) is 46.3 Å². The van der Waals surface area contributed by atoms with Crippen molar-refractivity contribution in [3.8, 4) is 17.1 Å². The van der Waals surface area contributed by atoms with Crippen LogP contribution in [0.1, 0.15) is 43.5 Å². The van der Waals surface area contributed by atoms with E-state index in [0.29, 0.717) is 11.2 Å². The van der Waals surface area contributed by atoms with Crippen LogP contribution in [-0.2, 0) is 12.7 Å². The topological polar surface area (TPSA) is 48.5 Å². The minimum atomic E-state index is -4.62. The molecule has 0 N–H and O–H groups in total. The maximum absolute atomic E-state index is 13.7. The maximum atomic E-state index is 13.7. The molecule has 0 atom stereocenters. The summed E-state index contributed by atoms with van der Waals surface area (Å²) in [6.45, 7) is 7.62. The molecule has 1 aromatic carbocycles. The molecule has 0 amide bonds. The van der Waals surface area contributed by atoms with E-state index in [1.807, 2.05) is 19.9 Å². The van der Waals surface area contributed by atoms with Crippen LogP contribution in [0, 0.1) is 6.92 Å². The van der Waals surface area contributed by atoms with E-state index >= 15 is 0 Å². The smallest absolute Gasteiger partial charge is 0.417 e. The fraction of sp³-hybridized carbons (Fsp3) is 0.400. The van der Waals surface area contributed by atoms with E-state index < -0.39 is 11.7 Å². The third kappa shape index (κ3) is 3.16. The van der Waals surface area contributed by atoms with Crippen LogP contribution in [0.4, 0.5) is 13.2 Å². The first-order chi connectivity index (χ1) is 13.1. The van der Waals surface area contributed by atoms with Crippen molar-refractivity contribution in [1.29, 1.82) is 0 Å². The summed E-state index contributed by atoms with van der Waals surface area (Å²) in [5.74, 6) is 0.145. The van der Waals surface area contributed by atoms with Crippen LogP contribution in [0.3, 0.4) is 0 Å². The Hall–Kier alpha value is -2.77. The molecule has 28 heavy (non-hydrogen) atoms. The molecule has 0 aliphatic heterocycles. The summed E-state index contributed by atoms with van der Waals surface area (Å²) in [7, 11) is 1.30. The lowest BCUT2D eigenvalue weighted by molar-refractivity contribution is -0.137. The number of alkyl halides is 3. The van der Waals surface area contributed by atoms with Crippen molar-refractivity contribution >= 4 is 5.52 Å². The van der Waals surface area contributed by atoms with E-state index in [1.54, 1.807) is 13.8 Å². The quantitative estimate of drug-likeness (QED) is 0.649. The highest BCUT2D eigenvalue weighted by atomic mass is 19.4. The number of ether oxygens (including phenoxy) is 1. The summed E-state index contributed by atoms with van der Waals surface area (Å²) in [6, 6.07) is 5.51. The molecule has 2 aromatic heterocycles. The molecule has 0 saturated heterocycles. The van der Waals surface area contributed by atoms with Gasteiger partial charge >= 0.3 is 6.18 Å². The molecule has 3 aromatic rings. The number of hydrogen-bond donors (Lipinski definition) is 0. The number of rotatable bonds is 4. The molecule has 0 fully saturated rings. The van der Waals surface area contributed by atoms with Crippen molar-refractivity contribution < 1.29 is 17.9 Å². The molecule has 2 heterocycles. The van der Waals surface area contributed by atoms with E-state index in [1.165, 1.54) is 28.3 Å². The van der Waals surface area contributed by atoms with Crippen molar-refractivity contribution in [2.24, 2.45) is 0 Å². The number of hydrogen-bond acceptors (Lipinski definition) is 3. The number of nitrogens with zero attached hydrogens (tertiary/aromatic N) is 3. The van der Waals surface area contributed by atoms with E-state index in [2.05, 4.69) is 5.10 Å². The van der Waals surface area contributed by atoms with Crippen LogP contribution in [0.25, 0.3) is 16.9 Å². The van der Waals surface area contributed by atoms with Crippen LogP contribution in [0.2, 0.25) is 0 Å². The maximum Gasteiger partial charge on any atom is 0.417 e. The molecule has 150 valence electrons. The SMILES string of the molecule is CCn1c(-c2ccc(OC)cc2C(F)(F)F)nn2c(C)cc(C(C)C)c2c1=O. The molecule has 3 rings (SSSR count). The van der Waals surface area contributed by atoms with Crippen LogP contribution < -0.4 is 10.3 Å². The summed E-state index contributed by atoms with van der Waals surface area (Å²) in [6.07, 6.45) is -4.62. The Morgan fingerprint density at radius 3 is 2.43 bits per heavy atom. The molecule has 0 aliphatic rings. The largest absolute Gasteiger partial charge is 0.497 e. The summed E-state index contributed by atoms with van der Waals surface area (Å²) >= 11 is 0. The van der Waals surface area contributed by atoms with Crippen molar-refractivity contribution in [1.82, 2.24) is 14.2 Å². The first-order valence-corrected chi connectivity index (χ1v) is 8.98. The van der Waals surface area contributed by atoms with Gasteiger partial charge in [-0.05, 0) is 49.6 Å². The van der Waals surface area contributed by atoms with Crippen molar-refractivity contribution in [3.05, 3.63) is 51.4 Å². The molecule has 0 aliphatic carbocycles. The number of benzene rings is 1. The van der Waals surface area contributed by atoms with Gasteiger partial charge in [0.2, 0.25) is 0 Å². The second-order valence-electron chi connectivity index (χ2n) is 6.94. The zero-order valence-corrected chi connectivity index (χ0v) is 16.4. The summed E-state index contributed by atoms with van der Waals surface area (Å²) < 4.78 is 48.8. The van der Waals surface area contributed by atoms with Crippen LogP contribution in [-0.4, -0.2) is 21.3 Å². The monoisotopic (exact) mass is 393 g/mol. The molecule has 5 nitrogen and oxygen atoms in total. The molecule has 8 heteroatoms. The van der Waals surface area contributed by atoms with Gasteiger partial charge in [-0.2, -0.15) is 13.2 Å². The van der Waals surface area contributed by atoms with Crippen LogP contribution in [0.5, 0.6) is 5.75 Å². The number of fused-ring (bicyclic) bond motifs is 1. The van der Waals surface area contributed by atoms with E-state index in [9.17, 15) is 18.0 Å². The molecule has 0 unspecified atom stereocenters. The Balaban J connectivity index is 2.43. The molecule has 0 saturated carbocycles. The van der Waals surface area contributed by atoms with Crippen molar-refractivity contribution in [3.63, 3.8) is 0 Å². The van der Waals surface area contributed by atoms with Crippen molar-refractivity contribution in [2.75, 3.05) is 7.11 Å². The lowest BCUT2D eigenvalue weighted by Crippen LogP contribution is -2.27. The Kier molecular flexibility index (Phi) is 4.99. The Morgan fingerprint density at radius 1 is 1.21 bits per heavy atom. The van der Waals surface area contributed by atoms with Crippen LogP contribution in [0.15, 0.2) is 29.1 Å². The lowest BCUT2D eigenvalue weighted by Gasteiger charge is -2.17. The van der Waals surface area contributed by atoms with Gasteiger partial charge in [0.25, 0.3) is 5.56 Å². The Labute approximate surface area is 160 Å². The van der Waals surface area contributed by atoms with Gasteiger partial charge in [0, 0.05) is 17.8 Å². The highest BCUT2D eigenvalue weighted by Crippen LogP contribution is 2.38. The normalized spacial score (nSPS) is 12.2. The fourth-order valence-corrected chi connectivity index (χ4v) is 3.38. The average molecular weight is 393 g/mol. The van der Waals surface area contributed by atoms with Gasteiger partial charge in [-0.3, -0.25) is 9.36 Å². The highest BCUT2D eigenvalue weighted by molar-refractivity contribution is 5.66. The number of halogens is 3. The summed E-state index contributed by atoms with van der Waals surface area (Å²) in [5, 5.41) is 4.45. The molecule has 0 bridgehead atoms. The number of aromatic nitrogens is 3. The minimum Gasteiger partial charge on any atom is -0.497 e. The second kappa shape index (κ2) is 7.00. The van der Waals surface area contributed by atoms with Crippen LogP contribution >= 0.6 is 0 Å². The highest BCUT2D eigenvalue weighted by Gasteiger charge is 2.35. The third-order valence-corrected chi connectivity index (χ3v) is 4.79. The van der Waals surface area contributed by atoms with Gasteiger partial charge in [0.15, 0.2) is 5.82 Å². The van der Waals surface area contributed by atoms with Gasteiger partial charge < -0.3 is 4.74 Å². The molecule has 0 radical (unpaired) electrons. The van der Waals surface area contributed by atoms with Gasteiger partial charge in [0.05, 0.1) is 12.7 Å². The number of aryl methyl sites for hydroxylation is 1. The van der Waals surface area contributed by atoms with Gasteiger partial charge in [-0.1, -0.05) is 13.8 Å². The fourth-order valence-electron chi connectivity index (χ4n) is 3.38. The Bertz CT molecular complexity index is 1090. The first kappa shape index (κ1) is 20.0. The van der Waals surface area contributed by atoms with E-state index in [0.717, 1.165) is 11.6 Å². The predicted molar refractivity (Wildman–Crippen MR) is 101 cm³/mol. The Morgan fingerprint density at radius 2 is 1.89 bits per heavy atom. The number of methoxy groups -OCH3 is 1. The zero-order chi connectivity index (χ0) is 20.8. The predicted octanol–water partition coefficient (Wildman–Crippen LogP) is 4.64. The first-order valence-electron chi connectivity index (χ1n) is 8.98. The second-order valence-corrected chi connectivity index (χ2v) is 6.94. The molecular weight excluding hydrogens is 371 g/mol. The summed E-state index contributed by atoms with van der Waals surface area (Å²) in [5.41, 5.74) is 0.521. The zero-order valence-electron chi connectivity index (χ0n) is 16.4. The van der Waals surface area contributed by atoms with Gasteiger partial charge in [-0.15, -0.1) is 5.10 Å². The molecule has 0 spiro atoms.